The molecule has 10 heteroatoms. The number of imide groups is 1. The smallest absolute Gasteiger partial charge is 0.261 e. The lowest BCUT2D eigenvalue weighted by atomic mass is 10.1. The summed E-state index contributed by atoms with van der Waals surface area (Å²) < 4.78 is 0.825. The molecule has 5 rings (SSSR count). The van der Waals surface area contributed by atoms with E-state index in [9.17, 15) is 19.2 Å². The van der Waals surface area contributed by atoms with Gasteiger partial charge in [-0.3, -0.25) is 24.1 Å². The van der Waals surface area contributed by atoms with Gasteiger partial charge in [0.15, 0.2) is 5.13 Å². The van der Waals surface area contributed by atoms with Crippen molar-refractivity contribution in [3.8, 4) is 0 Å². The lowest BCUT2D eigenvalue weighted by Crippen LogP contribution is -2.47. The molecule has 0 spiro atoms. The summed E-state index contributed by atoms with van der Waals surface area (Å²) in [7, 11) is 2.05. The Morgan fingerprint density at radius 2 is 1.69 bits per heavy atom. The van der Waals surface area contributed by atoms with Gasteiger partial charge in [0, 0.05) is 44.7 Å². The average Bonchev–Trinajstić information content (AvgIpc) is 3.37. The van der Waals surface area contributed by atoms with E-state index in [1.807, 2.05) is 18.0 Å². The van der Waals surface area contributed by atoms with Gasteiger partial charge in [-0.2, -0.15) is 0 Å². The maximum absolute atomic E-state index is 12.9. The molecule has 0 atom stereocenters. The second-order valence-electron chi connectivity index (χ2n) is 8.76. The van der Waals surface area contributed by atoms with E-state index in [0.29, 0.717) is 46.8 Å². The maximum Gasteiger partial charge on any atom is 0.261 e. The number of rotatable bonds is 6. The highest BCUT2D eigenvalue weighted by Crippen LogP contribution is 2.28. The fraction of sp³-hybridized carbons (Fsp3) is 0.320. The molecule has 0 saturated carbocycles. The first-order valence-corrected chi connectivity index (χ1v) is 12.4. The van der Waals surface area contributed by atoms with Crippen molar-refractivity contribution < 1.29 is 19.2 Å². The topological polar surface area (TPSA) is 103 Å². The van der Waals surface area contributed by atoms with E-state index >= 15 is 0 Å². The predicted octanol–water partition coefficient (Wildman–Crippen LogP) is 2.70. The largest absolute Gasteiger partial charge is 0.336 e. The van der Waals surface area contributed by atoms with Crippen LogP contribution in [0, 0.1) is 0 Å². The molecule has 0 bridgehead atoms. The molecule has 2 aliphatic rings. The fourth-order valence-corrected chi connectivity index (χ4v) is 5.25. The normalized spacial score (nSPS) is 16.1. The van der Waals surface area contributed by atoms with E-state index in [2.05, 4.69) is 15.2 Å². The third kappa shape index (κ3) is 4.67. The number of carbonyl (C=O) groups excluding carboxylic acids is 4. The molecule has 4 amide bonds. The first-order valence-electron chi connectivity index (χ1n) is 11.5. The molecule has 0 aliphatic carbocycles. The average molecular weight is 492 g/mol. The highest BCUT2D eigenvalue weighted by molar-refractivity contribution is 7.22. The minimum atomic E-state index is -0.320. The van der Waals surface area contributed by atoms with Gasteiger partial charge in [0.1, 0.15) is 0 Å². The van der Waals surface area contributed by atoms with Crippen molar-refractivity contribution in [2.75, 3.05) is 45.1 Å². The van der Waals surface area contributed by atoms with Crippen LogP contribution in [0.5, 0.6) is 0 Å². The van der Waals surface area contributed by atoms with Crippen molar-refractivity contribution in [2.45, 2.75) is 12.8 Å². The molecular formula is C25H25N5O4S. The van der Waals surface area contributed by atoms with Gasteiger partial charge in [0.2, 0.25) is 5.91 Å². The highest BCUT2D eigenvalue weighted by atomic mass is 32.1. The van der Waals surface area contributed by atoms with Crippen molar-refractivity contribution >= 4 is 50.3 Å². The van der Waals surface area contributed by atoms with E-state index in [-0.39, 0.29) is 36.6 Å². The Bertz CT molecular complexity index is 1290. The minimum Gasteiger partial charge on any atom is -0.336 e. The van der Waals surface area contributed by atoms with Crippen LogP contribution in [-0.4, -0.2) is 83.1 Å². The Kier molecular flexibility index (Phi) is 6.31. The second-order valence-corrected chi connectivity index (χ2v) is 9.79. The molecule has 1 saturated heterocycles. The van der Waals surface area contributed by atoms with Crippen LogP contribution < -0.4 is 5.32 Å². The number of nitrogens with one attached hydrogen (secondary N) is 1. The summed E-state index contributed by atoms with van der Waals surface area (Å²) in [6.07, 6.45) is 0.502. The van der Waals surface area contributed by atoms with Crippen molar-refractivity contribution in [1.82, 2.24) is 19.7 Å². The van der Waals surface area contributed by atoms with Gasteiger partial charge in [-0.15, -0.1) is 0 Å². The number of hydrogen-bond donors (Lipinski definition) is 1. The standard InChI is InChI=1S/C25H25N5O4S/c1-28-11-13-29(14-12-28)22(32)16-8-9-19-20(15-16)35-25(26-19)27-21(31)7-4-10-30-23(33)17-5-2-3-6-18(17)24(30)34/h2-3,5-6,8-9,15H,4,7,10-14H2,1H3,(H,26,27,31). The third-order valence-electron chi connectivity index (χ3n) is 6.34. The highest BCUT2D eigenvalue weighted by Gasteiger charge is 2.34. The third-order valence-corrected chi connectivity index (χ3v) is 7.27. The zero-order chi connectivity index (χ0) is 24.5. The van der Waals surface area contributed by atoms with Gasteiger partial charge in [-0.25, -0.2) is 4.98 Å². The molecule has 9 nitrogen and oxygen atoms in total. The Labute approximate surface area is 206 Å². The van der Waals surface area contributed by atoms with E-state index < -0.39 is 0 Å². The number of carbonyl (C=O) groups is 4. The van der Waals surface area contributed by atoms with Crippen LogP contribution in [0.25, 0.3) is 10.2 Å². The number of anilines is 1. The fourth-order valence-electron chi connectivity index (χ4n) is 4.32. The van der Waals surface area contributed by atoms with Crippen LogP contribution in [0.15, 0.2) is 42.5 Å². The van der Waals surface area contributed by atoms with Crippen LogP contribution >= 0.6 is 11.3 Å². The van der Waals surface area contributed by atoms with Crippen LogP contribution in [0.3, 0.4) is 0 Å². The number of thiazole rings is 1. The van der Waals surface area contributed by atoms with Crippen molar-refractivity contribution in [1.29, 1.82) is 0 Å². The van der Waals surface area contributed by atoms with Gasteiger partial charge in [0.25, 0.3) is 17.7 Å². The predicted molar refractivity (Wildman–Crippen MR) is 133 cm³/mol. The summed E-state index contributed by atoms with van der Waals surface area (Å²) in [5.41, 5.74) is 2.14. The summed E-state index contributed by atoms with van der Waals surface area (Å²) in [5, 5.41) is 3.25. The number of piperazine rings is 1. The van der Waals surface area contributed by atoms with E-state index in [1.165, 1.54) is 16.2 Å². The number of aromatic nitrogens is 1. The monoisotopic (exact) mass is 491 g/mol. The first kappa shape index (κ1) is 23.1. The number of likely N-dealkylation sites (N-methyl/N-ethyl adjacent to an activating group) is 1. The minimum absolute atomic E-state index is 0.00661. The summed E-state index contributed by atoms with van der Waals surface area (Å²) in [6, 6.07) is 12.1. The summed E-state index contributed by atoms with van der Waals surface area (Å²) >= 11 is 1.31. The van der Waals surface area contributed by atoms with Crippen LogP contribution in [0.1, 0.15) is 43.9 Å². The van der Waals surface area contributed by atoms with Crippen LogP contribution in [-0.2, 0) is 4.79 Å². The van der Waals surface area contributed by atoms with Gasteiger partial charge < -0.3 is 15.1 Å². The van der Waals surface area contributed by atoms with E-state index in [0.717, 1.165) is 17.8 Å². The zero-order valence-electron chi connectivity index (χ0n) is 19.3. The number of hydrogen-bond acceptors (Lipinski definition) is 7. The lowest BCUT2D eigenvalue weighted by molar-refractivity contribution is -0.116. The molecule has 35 heavy (non-hydrogen) atoms. The molecule has 0 radical (unpaired) electrons. The Morgan fingerprint density at radius 1 is 1.00 bits per heavy atom. The first-order chi connectivity index (χ1) is 16.9. The number of fused-ring (bicyclic) bond motifs is 2. The number of benzene rings is 2. The molecule has 180 valence electrons. The van der Waals surface area contributed by atoms with Crippen molar-refractivity contribution in [2.24, 2.45) is 0 Å². The second kappa shape index (κ2) is 9.55. The summed E-state index contributed by atoms with van der Waals surface area (Å²) in [5.74, 6) is -0.875. The summed E-state index contributed by atoms with van der Waals surface area (Å²) in [4.78, 5) is 59.9. The quantitative estimate of drug-likeness (QED) is 0.532. The SMILES string of the molecule is CN1CCN(C(=O)c2ccc3nc(NC(=O)CCCN4C(=O)c5ccccc5C4=O)sc3c2)CC1. The molecule has 2 aromatic carbocycles. The summed E-state index contributed by atoms with van der Waals surface area (Å²) in [6.45, 7) is 3.31. The molecule has 3 aromatic rings. The van der Waals surface area contributed by atoms with Gasteiger partial charge in [0.05, 0.1) is 21.3 Å². The van der Waals surface area contributed by atoms with Crippen LogP contribution in [0.2, 0.25) is 0 Å². The Balaban J connectivity index is 1.16. The van der Waals surface area contributed by atoms with Gasteiger partial charge in [-0.1, -0.05) is 23.5 Å². The number of amides is 4. The number of nitrogens with zero attached hydrogens (tertiary/aromatic N) is 4. The van der Waals surface area contributed by atoms with Crippen molar-refractivity contribution in [3.63, 3.8) is 0 Å². The van der Waals surface area contributed by atoms with E-state index in [4.69, 9.17) is 0 Å². The Hall–Kier alpha value is -3.63. The zero-order valence-corrected chi connectivity index (χ0v) is 20.1. The molecule has 0 unspecified atom stereocenters. The lowest BCUT2D eigenvalue weighted by Gasteiger charge is -2.32. The van der Waals surface area contributed by atoms with Gasteiger partial charge in [-0.05, 0) is 43.8 Å². The van der Waals surface area contributed by atoms with Gasteiger partial charge >= 0.3 is 0 Å². The Morgan fingerprint density at radius 3 is 2.37 bits per heavy atom. The van der Waals surface area contributed by atoms with E-state index in [1.54, 1.807) is 36.4 Å². The maximum atomic E-state index is 12.9. The molecule has 2 aliphatic heterocycles. The molecule has 1 aromatic heterocycles. The molecule has 1 fully saturated rings. The van der Waals surface area contributed by atoms with Crippen molar-refractivity contribution in [3.05, 3.63) is 59.2 Å². The van der Waals surface area contributed by atoms with Crippen LogP contribution in [0.4, 0.5) is 5.13 Å². The molecular weight excluding hydrogens is 466 g/mol. The molecule has 1 N–H and O–H groups in total. The molecule has 3 heterocycles.